The molecule has 4 N–H and O–H groups in total. The molecule has 0 spiro atoms. The Morgan fingerprint density at radius 1 is 1.05 bits per heavy atom. The Hall–Kier alpha value is -3.39. The summed E-state index contributed by atoms with van der Waals surface area (Å²) in [5, 5.41) is 28.0. The average Bonchev–Trinajstić information content (AvgIpc) is 3.02. The normalized spacial score (nSPS) is 16.5. The molecule has 230 valence electrons. The summed E-state index contributed by atoms with van der Waals surface area (Å²) >= 11 is 6.86. The molecule has 2 amide bonds. The predicted octanol–water partition coefficient (Wildman–Crippen LogP) is 6.64. The lowest BCUT2D eigenvalue weighted by atomic mass is 9.72. The molecule has 1 aliphatic heterocycles. The minimum Gasteiger partial charge on any atom is -0.465 e. The van der Waals surface area contributed by atoms with Gasteiger partial charge in [0.15, 0.2) is 0 Å². The number of rotatable bonds is 12. The first kappa shape index (κ1) is 32.5. The van der Waals surface area contributed by atoms with Crippen molar-refractivity contribution in [3.63, 3.8) is 0 Å². The highest BCUT2D eigenvalue weighted by Gasteiger charge is 2.43. The Kier molecular flexibility index (Phi) is 11.2. The van der Waals surface area contributed by atoms with Gasteiger partial charge >= 0.3 is 6.09 Å². The van der Waals surface area contributed by atoms with Crippen LogP contribution in [-0.4, -0.2) is 53.8 Å². The van der Waals surface area contributed by atoms with Gasteiger partial charge < -0.3 is 25.7 Å². The van der Waals surface area contributed by atoms with Gasteiger partial charge in [0.1, 0.15) is 0 Å². The molecule has 7 nitrogen and oxygen atoms in total. The van der Waals surface area contributed by atoms with Crippen LogP contribution in [0, 0.1) is 5.92 Å². The molecule has 0 aliphatic carbocycles. The summed E-state index contributed by atoms with van der Waals surface area (Å²) < 4.78 is 0. The van der Waals surface area contributed by atoms with Gasteiger partial charge in [0.25, 0.3) is 5.91 Å². The zero-order valence-electron chi connectivity index (χ0n) is 25.5. The van der Waals surface area contributed by atoms with Crippen LogP contribution in [-0.2, 0) is 25.0 Å². The van der Waals surface area contributed by atoms with Crippen molar-refractivity contribution in [1.29, 1.82) is 0 Å². The van der Waals surface area contributed by atoms with E-state index in [2.05, 4.69) is 42.7 Å². The number of benzene rings is 3. The van der Waals surface area contributed by atoms with Crippen LogP contribution in [0.3, 0.4) is 0 Å². The first-order valence-corrected chi connectivity index (χ1v) is 15.7. The lowest BCUT2D eigenvalue weighted by Gasteiger charge is -2.44. The molecule has 3 aromatic carbocycles. The van der Waals surface area contributed by atoms with Gasteiger partial charge in [-0.05, 0) is 85.5 Å². The molecule has 43 heavy (non-hydrogen) atoms. The Bertz CT molecular complexity index is 1430. The van der Waals surface area contributed by atoms with Gasteiger partial charge in [-0.15, -0.1) is 0 Å². The van der Waals surface area contributed by atoms with E-state index in [1.807, 2.05) is 54.4 Å². The number of carboxylic acid groups (broad SMARTS) is 1. The van der Waals surface area contributed by atoms with Gasteiger partial charge in [0, 0.05) is 48.2 Å². The van der Waals surface area contributed by atoms with Crippen LogP contribution < -0.4 is 10.6 Å². The molecular formula is C35H44ClN3O4. The fraction of sp³-hybridized carbons (Fsp3) is 0.429. The topological polar surface area (TPSA) is 102 Å². The number of piperidine rings is 1. The van der Waals surface area contributed by atoms with E-state index in [-0.39, 0.29) is 18.4 Å². The van der Waals surface area contributed by atoms with Crippen molar-refractivity contribution in [2.45, 2.75) is 64.5 Å². The summed E-state index contributed by atoms with van der Waals surface area (Å²) in [6.07, 6.45) is 2.76. The highest BCUT2D eigenvalue weighted by molar-refractivity contribution is 6.33. The van der Waals surface area contributed by atoms with E-state index in [0.717, 1.165) is 54.5 Å². The monoisotopic (exact) mass is 605 g/mol. The van der Waals surface area contributed by atoms with E-state index in [1.165, 1.54) is 5.56 Å². The van der Waals surface area contributed by atoms with Crippen molar-refractivity contribution in [3.8, 4) is 11.1 Å². The number of aryl methyl sites for hydroxylation is 2. The molecule has 4 rings (SSSR count). The van der Waals surface area contributed by atoms with Crippen molar-refractivity contribution in [3.05, 3.63) is 93.5 Å². The standard InChI is InChI=1S/C35H44ClN3O4/c1-4-24-10-6-11-27(20-24)32-30(13-7-14-31(32)36)35(43,17-9-18-38-34(41)42)28-12-8-19-39(23-28)33(40)29-16-15-25(22-37-3)21-26(29)5-2/h6-7,10-11,13-16,20-21,28,37-38,43H,4-5,8-9,12,17-19,22-23H2,1-3H3,(H,41,42). The fourth-order valence-corrected chi connectivity index (χ4v) is 6.70. The van der Waals surface area contributed by atoms with E-state index in [4.69, 9.17) is 16.7 Å². The number of nitrogens with one attached hydrogen (secondary N) is 2. The van der Waals surface area contributed by atoms with Crippen molar-refractivity contribution in [1.82, 2.24) is 15.5 Å². The van der Waals surface area contributed by atoms with Crippen molar-refractivity contribution >= 4 is 23.6 Å². The zero-order valence-corrected chi connectivity index (χ0v) is 26.2. The molecule has 0 aromatic heterocycles. The number of hydrogen-bond donors (Lipinski definition) is 4. The summed E-state index contributed by atoms with van der Waals surface area (Å²) in [6.45, 7) is 6.13. The quantitative estimate of drug-likeness (QED) is 0.173. The maximum Gasteiger partial charge on any atom is 0.404 e. The summed E-state index contributed by atoms with van der Waals surface area (Å²) in [4.78, 5) is 27.0. The van der Waals surface area contributed by atoms with Crippen LogP contribution in [0.25, 0.3) is 11.1 Å². The van der Waals surface area contributed by atoms with E-state index in [0.29, 0.717) is 42.1 Å². The average molecular weight is 606 g/mol. The minimum absolute atomic E-state index is 0.0191. The molecule has 2 unspecified atom stereocenters. The molecule has 0 bridgehead atoms. The summed E-state index contributed by atoms with van der Waals surface area (Å²) in [7, 11) is 1.91. The van der Waals surface area contributed by atoms with Crippen LogP contribution in [0.2, 0.25) is 5.02 Å². The second-order valence-electron chi connectivity index (χ2n) is 11.4. The second-order valence-corrected chi connectivity index (χ2v) is 11.8. The third kappa shape index (κ3) is 7.58. The van der Waals surface area contributed by atoms with Gasteiger partial charge in [0.05, 0.1) is 5.60 Å². The lowest BCUT2D eigenvalue weighted by Crippen LogP contribution is -2.48. The summed E-state index contributed by atoms with van der Waals surface area (Å²) in [5.41, 5.74) is 5.11. The molecule has 1 fully saturated rings. The van der Waals surface area contributed by atoms with Gasteiger partial charge in [-0.3, -0.25) is 4.79 Å². The van der Waals surface area contributed by atoms with Gasteiger partial charge in [-0.25, -0.2) is 4.79 Å². The number of halogens is 1. The highest BCUT2D eigenvalue weighted by Crippen LogP contribution is 2.46. The Balaban J connectivity index is 1.72. The van der Waals surface area contributed by atoms with Gasteiger partial charge in [0.2, 0.25) is 0 Å². The highest BCUT2D eigenvalue weighted by atomic mass is 35.5. The summed E-state index contributed by atoms with van der Waals surface area (Å²) in [5.74, 6) is -0.287. The Morgan fingerprint density at radius 3 is 2.56 bits per heavy atom. The van der Waals surface area contributed by atoms with Crippen LogP contribution in [0.1, 0.15) is 72.1 Å². The number of nitrogens with zero attached hydrogens (tertiary/aromatic N) is 1. The largest absolute Gasteiger partial charge is 0.465 e. The van der Waals surface area contributed by atoms with Crippen LogP contribution >= 0.6 is 11.6 Å². The third-order valence-corrected chi connectivity index (χ3v) is 8.98. The smallest absolute Gasteiger partial charge is 0.404 e. The number of carbonyl (C=O) groups excluding carboxylic acids is 1. The minimum atomic E-state index is -1.34. The van der Waals surface area contributed by atoms with Gasteiger partial charge in [-0.1, -0.05) is 74.0 Å². The van der Waals surface area contributed by atoms with Crippen molar-refractivity contribution in [2.75, 3.05) is 26.7 Å². The van der Waals surface area contributed by atoms with E-state index >= 15 is 0 Å². The van der Waals surface area contributed by atoms with Crippen molar-refractivity contribution in [2.24, 2.45) is 5.92 Å². The molecule has 1 heterocycles. The van der Waals surface area contributed by atoms with E-state index in [1.54, 1.807) is 0 Å². The number of carbonyl (C=O) groups is 2. The molecule has 3 aromatic rings. The molecule has 0 radical (unpaired) electrons. The lowest BCUT2D eigenvalue weighted by molar-refractivity contribution is -0.0563. The second kappa shape index (κ2) is 14.9. The Morgan fingerprint density at radius 2 is 1.84 bits per heavy atom. The molecular weight excluding hydrogens is 562 g/mol. The van der Waals surface area contributed by atoms with Crippen LogP contribution in [0.15, 0.2) is 60.7 Å². The van der Waals surface area contributed by atoms with Gasteiger partial charge in [-0.2, -0.15) is 0 Å². The van der Waals surface area contributed by atoms with E-state index < -0.39 is 11.7 Å². The molecule has 0 saturated carbocycles. The maximum absolute atomic E-state index is 13.9. The number of hydrogen-bond acceptors (Lipinski definition) is 4. The third-order valence-electron chi connectivity index (χ3n) is 8.66. The molecule has 1 aliphatic rings. The fourth-order valence-electron chi connectivity index (χ4n) is 6.42. The molecule has 1 saturated heterocycles. The number of likely N-dealkylation sites (tertiary alicyclic amines) is 1. The SMILES string of the molecule is CCc1cccc(-c2c(Cl)cccc2C(O)(CCCNC(=O)O)C2CCCN(C(=O)c3ccc(CNC)cc3CC)C2)c1. The number of aliphatic hydroxyl groups is 1. The van der Waals surface area contributed by atoms with Crippen LogP contribution in [0.5, 0.6) is 0 Å². The molecule has 8 heteroatoms. The first-order valence-electron chi connectivity index (χ1n) is 15.3. The Labute approximate surface area is 260 Å². The maximum atomic E-state index is 13.9. The number of amides is 2. The predicted molar refractivity (Wildman–Crippen MR) is 173 cm³/mol. The molecule has 2 atom stereocenters. The van der Waals surface area contributed by atoms with E-state index in [9.17, 15) is 14.7 Å². The zero-order chi connectivity index (χ0) is 31.0. The summed E-state index contributed by atoms with van der Waals surface area (Å²) in [6, 6.07) is 19.9. The van der Waals surface area contributed by atoms with Crippen LogP contribution in [0.4, 0.5) is 4.79 Å². The van der Waals surface area contributed by atoms with Crippen molar-refractivity contribution < 1.29 is 19.8 Å². The first-order chi connectivity index (χ1) is 20.7.